The maximum Gasteiger partial charge on any atom is 0.248 e. The predicted molar refractivity (Wildman–Crippen MR) is 84.0 cm³/mol. The summed E-state index contributed by atoms with van der Waals surface area (Å²) in [5, 5.41) is 0.310. The summed E-state index contributed by atoms with van der Waals surface area (Å²) in [4.78, 5) is 13.4. The number of hydrogen-bond acceptors (Lipinski definition) is 2. The Bertz CT molecular complexity index is 614. The first kappa shape index (κ1) is 16.5. The van der Waals surface area contributed by atoms with E-state index in [-0.39, 0.29) is 19.1 Å². The fourth-order valence-electron chi connectivity index (χ4n) is 1.95. The van der Waals surface area contributed by atoms with E-state index in [4.69, 9.17) is 16.3 Å². The van der Waals surface area contributed by atoms with Crippen LogP contribution in [0.25, 0.3) is 0 Å². The summed E-state index contributed by atoms with van der Waals surface area (Å²) in [5.74, 6) is -0.646. The standard InChI is InChI=1S/C17H17ClFNO2/c1-20(10-14-15(18)8-5-9-16(14)19)17(21)12-22-11-13-6-3-2-4-7-13/h2-9H,10-12H2,1H3. The van der Waals surface area contributed by atoms with Crippen molar-refractivity contribution in [1.29, 1.82) is 0 Å². The normalized spacial score (nSPS) is 10.5. The van der Waals surface area contributed by atoms with Crippen molar-refractivity contribution < 1.29 is 13.9 Å². The first-order valence-corrected chi connectivity index (χ1v) is 7.24. The summed E-state index contributed by atoms with van der Waals surface area (Å²) in [6, 6.07) is 14.0. The van der Waals surface area contributed by atoms with Crippen molar-refractivity contribution in [2.45, 2.75) is 13.2 Å². The van der Waals surface area contributed by atoms with Crippen LogP contribution in [0.1, 0.15) is 11.1 Å². The lowest BCUT2D eigenvalue weighted by Gasteiger charge is -2.18. The molecule has 0 heterocycles. The van der Waals surface area contributed by atoms with Crippen molar-refractivity contribution in [1.82, 2.24) is 4.90 Å². The van der Waals surface area contributed by atoms with Crippen LogP contribution in [0.5, 0.6) is 0 Å². The molecule has 0 spiro atoms. The van der Waals surface area contributed by atoms with Crippen molar-refractivity contribution in [3.8, 4) is 0 Å². The Morgan fingerprint density at radius 3 is 2.59 bits per heavy atom. The summed E-state index contributed by atoms with van der Waals surface area (Å²) < 4.78 is 19.1. The molecule has 1 amide bonds. The van der Waals surface area contributed by atoms with Crippen LogP contribution in [0, 0.1) is 5.82 Å². The number of carbonyl (C=O) groups is 1. The van der Waals surface area contributed by atoms with Crippen molar-refractivity contribution in [3.05, 3.63) is 70.5 Å². The predicted octanol–water partition coefficient (Wildman–Crippen LogP) is 3.65. The molecule has 2 aromatic rings. The fraction of sp³-hybridized carbons (Fsp3) is 0.235. The van der Waals surface area contributed by atoms with E-state index in [1.165, 1.54) is 17.0 Å². The van der Waals surface area contributed by atoms with Crippen molar-refractivity contribution in [3.63, 3.8) is 0 Å². The van der Waals surface area contributed by atoms with Gasteiger partial charge in [-0.1, -0.05) is 48.0 Å². The van der Waals surface area contributed by atoms with Crippen LogP contribution < -0.4 is 0 Å². The van der Waals surface area contributed by atoms with Gasteiger partial charge in [-0.25, -0.2) is 4.39 Å². The van der Waals surface area contributed by atoms with E-state index in [0.717, 1.165) is 5.56 Å². The smallest absolute Gasteiger partial charge is 0.248 e. The lowest BCUT2D eigenvalue weighted by atomic mass is 10.2. The van der Waals surface area contributed by atoms with Gasteiger partial charge in [0.15, 0.2) is 0 Å². The highest BCUT2D eigenvalue weighted by Crippen LogP contribution is 2.20. The number of nitrogens with zero attached hydrogens (tertiary/aromatic N) is 1. The number of benzene rings is 2. The molecule has 0 aliphatic carbocycles. The molecule has 0 aromatic heterocycles. The molecule has 2 aromatic carbocycles. The van der Waals surface area contributed by atoms with Crippen LogP contribution in [-0.2, 0) is 22.7 Å². The first-order chi connectivity index (χ1) is 10.6. The molecular weight excluding hydrogens is 305 g/mol. The van der Waals surface area contributed by atoms with Gasteiger partial charge in [0.05, 0.1) is 6.61 Å². The number of amides is 1. The summed E-state index contributed by atoms with van der Waals surface area (Å²) in [7, 11) is 1.59. The van der Waals surface area contributed by atoms with E-state index in [0.29, 0.717) is 17.2 Å². The Morgan fingerprint density at radius 2 is 1.91 bits per heavy atom. The molecule has 2 rings (SSSR count). The number of halogens is 2. The fourth-order valence-corrected chi connectivity index (χ4v) is 2.17. The third kappa shape index (κ3) is 4.55. The Morgan fingerprint density at radius 1 is 1.18 bits per heavy atom. The molecule has 3 nitrogen and oxygen atoms in total. The van der Waals surface area contributed by atoms with Crippen LogP contribution in [-0.4, -0.2) is 24.5 Å². The first-order valence-electron chi connectivity index (χ1n) is 6.86. The number of hydrogen-bond donors (Lipinski definition) is 0. The summed E-state index contributed by atoms with van der Waals surface area (Å²) in [6.45, 7) is 0.414. The monoisotopic (exact) mass is 321 g/mol. The minimum absolute atomic E-state index is 0.0581. The van der Waals surface area contributed by atoms with Crippen LogP contribution in [0.4, 0.5) is 4.39 Å². The zero-order chi connectivity index (χ0) is 15.9. The van der Waals surface area contributed by atoms with Gasteiger partial charge in [0.2, 0.25) is 5.91 Å². The number of carbonyl (C=O) groups excluding carboxylic acids is 1. The maximum atomic E-state index is 13.7. The van der Waals surface area contributed by atoms with Gasteiger partial charge in [-0.2, -0.15) is 0 Å². The quantitative estimate of drug-likeness (QED) is 0.812. The minimum Gasteiger partial charge on any atom is -0.367 e. The van der Waals surface area contributed by atoms with Gasteiger partial charge in [-0.3, -0.25) is 4.79 Å². The molecule has 0 unspecified atom stereocenters. The van der Waals surface area contributed by atoms with Crippen LogP contribution in [0.15, 0.2) is 48.5 Å². The molecule has 0 atom stereocenters. The van der Waals surface area contributed by atoms with Gasteiger partial charge in [-0.05, 0) is 17.7 Å². The molecule has 0 bridgehead atoms. The lowest BCUT2D eigenvalue weighted by molar-refractivity contribution is -0.135. The largest absolute Gasteiger partial charge is 0.367 e. The highest BCUT2D eigenvalue weighted by molar-refractivity contribution is 6.31. The zero-order valence-electron chi connectivity index (χ0n) is 12.3. The third-order valence-electron chi connectivity index (χ3n) is 3.22. The molecule has 5 heteroatoms. The Hall–Kier alpha value is -1.91. The number of rotatable bonds is 6. The highest BCUT2D eigenvalue weighted by atomic mass is 35.5. The van der Waals surface area contributed by atoms with E-state index in [2.05, 4.69) is 0 Å². The van der Waals surface area contributed by atoms with E-state index in [1.54, 1.807) is 13.1 Å². The van der Waals surface area contributed by atoms with E-state index in [9.17, 15) is 9.18 Å². The molecule has 116 valence electrons. The van der Waals surface area contributed by atoms with Crippen LogP contribution in [0.3, 0.4) is 0 Å². The minimum atomic E-state index is -0.419. The second-order valence-corrected chi connectivity index (χ2v) is 5.34. The maximum absolute atomic E-state index is 13.7. The van der Waals surface area contributed by atoms with Crippen molar-refractivity contribution in [2.24, 2.45) is 0 Å². The SMILES string of the molecule is CN(Cc1c(F)cccc1Cl)C(=O)COCc1ccccc1. The van der Waals surface area contributed by atoms with Gasteiger partial charge >= 0.3 is 0 Å². The molecule has 0 radical (unpaired) electrons. The molecule has 0 aliphatic rings. The Kier molecular flexibility index (Phi) is 5.92. The van der Waals surface area contributed by atoms with E-state index >= 15 is 0 Å². The summed E-state index contributed by atoms with van der Waals surface area (Å²) >= 11 is 5.95. The molecular formula is C17H17ClFNO2. The lowest BCUT2D eigenvalue weighted by Crippen LogP contribution is -2.30. The highest BCUT2D eigenvalue weighted by Gasteiger charge is 2.14. The third-order valence-corrected chi connectivity index (χ3v) is 3.57. The van der Waals surface area contributed by atoms with Gasteiger partial charge in [-0.15, -0.1) is 0 Å². The van der Waals surface area contributed by atoms with Gasteiger partial charge < -0.3 is 9.64 Å². The second kappa shape index (κ2) is 7.92. The van der Waals surface area contributed by atoms with Crippen LogP contribution in [0.2, 0.25) is 5.02 Å². The van der Waals surface area contributed by atoms with Gasteiger partial charge in [0, 0.05) is 24.2 Å². The molecule has 22 heavy (non-hydrogen) atoms. The summed E-state index contributed by atoms with van der Waals surface area (Å²) in [6.07, 6.45) is 0. The van der Waals surface area contributed by atoms with Gasteiger partial charge in [0.25, 0.3) is 0 Å². The van der Waals surface area contributed by atoms with E-state index < -0.39 is 5.82 Å². The Labute approximate surface area is 134 Å². The average molecular weight is 322 g/mol. The van der Waals surface area contributed by atoms with Crippen molar-refractivity contribution >= 4 is 17.5 Å². The molecule has 0 saturated heterocycles. The zero-order valence-corrected chi connectivity index (χ0v) is 13.0. The number of likely N-dealkylation sites (N-methyl/N-ethyl adjacent to an activating group) is 1. The molecule has 0 saturated carbocycles. The topological polar surface area (TPSA) is 29.5 Å². The van der Waals surface area contributed by atoms with E-state index in [1.807, 2.05) is 30.3 Å². The molecule has 0 N–H and O–H groups in total. The van der Waals surface area contributed by atoms with Gasteiger partial charge in [0.1, 0.15) is 12.4 Å². The van der Waals surface area contributed by atoms with Crippen molar-refractivity contribution in [2.75, 3.05) is 13.7 Å². The molecule has 0 aliphatic heterocycles. The molecule has 0 fully saturated rings. The Balaban J connectivity index is 1.85. The van der Waals surface area contributed by atoms with Crippen LogP contribution >= 0.6 is 11.6 Å². The number of ether oxygens (including phenoxy) is 1. The second-order valence-electron chi connectivity index (χ2n) is 4.93. The summed E-state index contributed by atoms with van der Waals surface area (Å²) in [5.41, 5.74) is 1.30. The average Bonchev–Trinajstić information content (AvgIpc) is 2.52.